The van der Waals surface area contributed by atoms with Gasteiger partial charge in [-0.3, -0.25) is 0 Å². The van der Waals surface area contributed by atoms with E-state index in [1.807, 2.05) is 18.2 Å². The molecular weight excluding hydrogens is 136 g/mol. The third-order valence-electron chi connectivity index (χ3n) is 0.886. The van der Waals surface area contributed by atoms with Crippen molar-refractivity contribution >= 4 is 11.9 Å². The minimum atomic E-state index is -0.305. The molecule has 0 saturated heterocycles. The van der Waals surface area contributed by atoms with E-state index in [4.69, 9.17) is 0 Å². The van der Waals surface area contributed by atoms with Crippen molar-refractivity contribution < 1.29 is 8.39 Å². The van der Waals surface area contributed by atoms with Gasteiger partial charge in [0.2, 0.25) is 0 Å². The fourth-order valence-electron chi connectivity index (χ4n) is 0.524. The lowest BCUT2D eigenvalue weighted by Crippen LogP contribution is -1.80. The van der Waals surface area contributed by atoms with Crippen LogP contribution >= 0.6 is 0 Å². The largest absolute Gasteiger partial charge is 0.403 e. The molecule has 0 bridgehead atoms. The second kappa shape index (κ2) is 3.25. The zero-order chi connectivity index (χ0) is 6.53. The number of benzene rings is 1. The molecule has 1 aromatic rings. The Bertz CT molecular complexity index is 186. The maximum Gasteiger partial charge on any atom is 0.193 e. The molecule has 0 atom stereocenters. The highest BCUT2D eigenvalue weighted by Gasteiger charge is 1.84. The number of para-hydroxylation sites is 1. The van der Waals surface area contributed by atoms with Gasteiger partial charge in [-0.1, -0.05) is 18.2 Å². The van der Waals surface area contributed by atoms with Crippen LogP contribution in [-0.4, -0.2) is 4.21 Å². The van der Waals surface area contributed by atoms with Gasteiger partial charge in [0, 0.05) is 0 Å². The Hall–Kier alpha value is -0.830. The number of hydrogen-bond donors (Lipinski definition) is 1. The summed E-state index contributed by atoms with van der Waals surface area (Å²) in [6.45, 7) is 0. The van der Waals surface area contributed by atoms with E-state index in [1.165, 1.54) is 0 Å². The number of hydrogen-bond acceptors (Lipinski definition) is 2. The SMILES string of the molecule is O=[SH]Oc1ccccc1. The maximum atomic E-state index is 9.85. The van der Waals surface area contributed by atoms with Crippen molar-refractivity contribution in [2.24, 2.45) is 0 Å². The summed E-state index contributed by atoms with van der Waals surface area (Å²) in [4.78, 5) is 0. The van der Waals surface area contributed by atoms with Crippen molar-refractivity contribution in [2.45, 2.75) is 0 Å². The molecule has 0 aliphatic heterocycles. The molecule has 0 aliphatic rings. The van der Waals surface area contributed by atoms with Crippen LogP contribution in [0.3, 0.4) is 0 Å². The standard InChI is InChI=1S/C6H6O2S/c7-9-8-6-4-2-1-3-5-6/h1-5,9H. The van der Waals surface area contributed by atoms with Gasteiger partial charge in [-0.2, -0.15) is 0 Å². The second-order valence-electron chi connectivity index (χ2n) is 1.48. The highest BCUT2D eigenvalue weighted by atomic mass is 32.2. The van der Waals surface area contributed by atoms with E-state index in [0.717, 1.165) is 0 Å². The summed E-state index contributed by atoms with van der Waals surface area (Å²) in [6, 6.07) is 8.99. The molecule has 48 valence electrons. The van der Waals surface area contributed by atoms with Gasteiger partial charge in [0.05, 0.1) is 0 Å². The van der Waals surface area contributed by atoms with Gasteiger partial charge in [0.1, 0.15) is 5.75 Å². The first-order valence-corrected chi connectivity index (χ1v) is 3.21. The fraction of sp³-hybridized carbons (Fsp3) is 0. The van der Waals surface area contributed by atoms with Gasteiger partial charge in [0.25, 0.3) is 0 Å². The van der Waals surface area contributed by atoms with Crippen molar-refractivity contribution in [2.75, 3.05) is 0 Å². The van der Waals surface area contributed by atoms with Gasteiger partial charge in [0.15, 0.2) is 11.9 Å². The van der Waals surface area contributed by atoms with Crippen molar-refractivity contribution in [3.05, 3.63) is 30.3 Å². The smallest absolute Gasteiger partial charge is 0.193 e. The quantitative estimate of drug-likeness (QED) is 0.621. The summed E-state index contributed by atoms with van der Waals surface area (Å²) < 4.78 is 14.5. The third kappa shape index (κ3) is 1.85. The number of rotatable bonds is 2. The Morgan fingerprint density at radius 2 is 1.89 bits per heavy atom. The summed E-state index contributed by atoms with van der Waals surface area (Å²) >= 11 is -0.305. The van der Waals surface area contributed by atoms with E-state index in [-0.39, 0.29) is 11.9 Å². The van der Waals surface area contributed by atoms with E-state index in [0.29, 0.717) is 5.75 Å². The molecule has 0 amide bonds. The van der Waals surface area contributed by atoms with Crippen molar-refractivity contribution in [1.82, 2.24) is 0 Å². The van der Waals surface area contributed by atoms with Crippen LogP contribution < -0.4 is 4.18 Å². The lowest BCUT2D eigenvalue weighted by Gasteiger charge is -1.91. The van der Waals surface area contributed by atoms with E-state index < -0.39 is 0 Å². The average Bonchev–Trinajstić information content (AvgIpc) is 1.91. The monoisotopic (exact) mass is 142 g/mol. The molecule has 0 fully saturated rings. The second-order valence-corrected chi connectivity index (χ2v) is 1.81. The van der Waals surface area contributed by atoms with Crippen molar-refractivity contribution in [3.8, 4) is 5.75 Å². The first-order valence-electron chi connectivity index (χ1n) is 2.48. The van der Waals surface area contributed by atoms with Crippen LogP contribution in [0.5, 0.6) is 5.75 Å². The first-order chi connectivity index (χ1) is 4.43. The first kappa shape index (κ1) is 6.29. The van der Waals surface area contributed by atoms with Crippen LogP contribution in [0.2, 0.25) is 0 Å². The Morgan fingerprint density at radius 1 is 1.22 bits per heavy atom. The van der Waals surface area contributed by atoms with Gasteiger partial charge >= 0.3 is 0 Å². The predicted octanol–water partition coefficient (Wildman–Crippen LogP) is 0.926. The zero-order valence-corrected chi connectivity index (χ0v) is 5.54. The lowest BCUT2D eigenvalue weighted by atomic mass is 10.3. The van der Waals surface area contributed by atoms with Gasteiger partial charge < -0.3 is 4.18 Å². The van der Waals surface area contributed by atoms with Crippen LogP contribution in [0.1, 0.15) is 0 Å². The molecule has 2 nitrogen and oxygen atoms in total. The molecule has 0 radical (unpaired) electrons. The average molecular weight is 142 g/mol. The Kier molecular flexibility index (Phi) is 2.27. The Morgan fingerprint density at radius 3 is 2.44 bits per heavy atom. The molecule has 0 N–H and O–H groups in total. The van der Waals surface area contributed by atoms with Gasteiger partial charge in [-0.25, -0.2) is 4.21 Å². The molecule has 0 unspecified atom stereocenters. The van der Waals surface area contributed by atoms with Gasteiger partial charge in [-0.15, -0.1) is 0 Å². The molecule has 1 aromatic carbocycles. The van der Waals surface area contributed by atoms with Crippen LogP contribution in [0, 0.1) is 0 Å². The third-order valence-corrected chi connectivity index (χ3v) is 1.17. The van der Waals surface area contributed by atoms with Crippen LogP contribution in [0.15, 0.2) is 30.3 Å². The molecule has 0 aliphatic carbocycles. The predicted molar refractivity (Wildman–Crippen MR) is 36.6 cm³/mol. The minimum absolute atomic E-state index is 0.305. The molecule has 1 rings (SSSR count). The summed E-state index contributed by atoms with van der Waals surface area (Å²) in [5.74, 6) is 0.620. The molecule has 0 heterocycles. The van der Waals surface area contributed by atoms with Crippen LogP contribution in [0.25, 0.3) is 0 Å². The Labute approximate surface area is 57.2 Å². The molecular formula is C6H6O2S. The lowest BCUT2D eigenvalue weighted by molar-refractivity contribution is 0.582. The normalized spacial score (nSPS) is 8.89. The summed E-state index contributed by atoms with van der Waals surface area (Å²) in [7, 11) is 0. The van der Waals surface area contributed by atoms with E-state index in [1.54, 1.807) is 12.1 Å². The molecule has 3 heteroatoms. The maximum absolute atomic E-state index is 9.85. The van der Waals surface area contributed by atoms with Crippen LogP contribution in [-0.2, 0) is 11.9 Å². The van der Waals surface area contributed by atoms with E-state index >= 15 is 0 Å². The van der Waals surface area contributed by atoms with Crippen molar-refractivity contribution in [1.29, 1.82) is 0 Å². The molecule has 9 heavy (non-hydrogen) atoms. The summed E-state index contributed by atoms with van der Waals surface area (Å²) in [5.41, 5.74) is 0. The van der Waals surface area contributed by atoms with Crippen LogP contribution in [0.4, 0.5) is 0 Å². The molecule has 0 saturated carbocycles. The fourth-order valence-corrected chi connectivity index (χ4v) is 0.732. The highest BCUT2D eigenvalue weighted by molar-refractivity contribution is 7.60. The van der Waals surface area contributed by atoms with E-state index in [9.17, 15) is 4.21 Å². The Balaban J connectivity index is 2.72. The summed E-state index contributed by atoms with van der Waals surface area (Å²) in [6.07, 6.45) is 0. The molecule has 0 spiro atoms. The zero-order valence-electron chi connectivity index (χ0n) is 4.65. The highest BCUT2D eigenvalue weighted by Crippen LogP contribution is 2.06. The number of thiol groups is 1. The summed E-state index contributed by atoms with van der Waals surface area (Å²) in [5, 5.41) is 0. The molecule has 0 aromatic heterocycles. The minimum Gasteiger partial charge on any atom is -0.403 e. The van der Waals surface area contributed by atoms with E-state index in [2.05, 4.69) is 4.18 Å². The van der Waals surface area contributed by atoms with Crippen molar-refractivity contribution in [3.63, 3.8) is 0 Å². The van der Waals surface area contributed by atoms with Gasteiger partial charge in [-0.05, 0) is 12.1 Å². The topological polar surface area (TPSA) is 26.3 Å².